The van der Waals surface area contributed by atoms with Gasteiger partial charge < -0.3 is 19.9 Å². The van der Waals surface area contributed by atoms with Crippen LogP contribution in [0.25, 0.3) is 0 Å². The summed E-state index contributed by atoms with van der Waals surface area (Å²) >= 11 is 0. The Bertz CT molecular complexity index is 521. The number of ether oxygens (including phenoxy) is 2. The van der Waals surface area contributed by atoms with E-state index in [2.05, 4.69) is 12.2 Å². The highest BCUT2D eigenvalue weighted by atomic mass is 16.5. The van der Waals surface area contributed by atoms with E-state index in [4.69, 9.17) is 9.47 Å². The maximum absolute atomic E-state index is 11.8. The summed E-state index contributed by atoms with van der Waals surface area (Å²) in [6.45, 7) is 6.69. The van der Waals surface area contributed by atoms with E-state index in [-0.39, 0.29) is 6.04 Å². The number of carboxylic acid groups (broad SMARTS) is 1. The fraction of sp³-hybridized carbons (Fsp3) is 0.562. The number of nitrogens with one attached hydrogen (secondary N) is 1. The zero-order chi connectivity index (χ0) is 16.1. The van der Waals surface area contributed by atoms with Crippen LogP contribution in [-0.4, -0.2) is 55.4 Å². The molecule has 1 aromatic carbocycles. The van der Waals surface area contributed by atoms with Gasteiger partial charge in [-0.2, -0.15) is 0 Å². The van der Waals surface area contributed by atoms with E-state index in [1.165, 1.54) is 0 Å². The number of hydrogen-bond donors (Lipinski definition) is 2. The Balaban J connectivity index is 2.30. The molecule has 2 unspecified atom stereocenters. The third-order valence-corrected chi connectivity index (χ3v) is 3.80. The van der Waals surface area contributed by atoms with Gasteiger partial charge in [-0.1, -0.05) is 6.07 Å². The third-order valence-electron chi connectivity index (χ3n) is 3.80. The van der Waals surface area contributed by atoms with Crippen LogP contribution >= 0.6 is 0 Å². The van der Waals surface area contributed by atoms with Crippen LogP contribution in [0.1, 0.15) is 25.5 Å². The second kappa shape index (κ2) is 7.47. The number of methoxy groups -OCH3 is 1. The molecule has 2 rings (SSSR count). The molecule has 122 valence electrons. The zero-order valence-corrected chi connectivity index (χ0v) is 13.3. The van der Waals surface area contributed by atoms with E-state index in [9.17, 15) is 9.90 Å². The highest BCUT2D eigenvalue weighted by molar-refractivity contribution is 5.76. The van der Waals surface area contributed by atoms with Gasteiger partial charge >= 0.3 is 5.97 Å². The van der Waals surface area contributed by atoms with E-state index in [1.54, 1.807) is 25.3 Å². The van der Waals surface area contributed by atoms with E-state index in [0.29, 0.717) is 36.8 Å². The standard InChI is InChI=1S/C16H24N2O4/c1-4-22-13-6-5-12(9-14(13)21-3)15(16(19)20)18-8-7-17-11(2)10-18/h5-6,9,11,15,17H,4,7-8,10H2,1-3H3,(H,19,20). The first-order valence-corrected chi connectivity index (χ1v) is 7.57. The lowest BCUT2D eigenvalue weighted by atomic mass is 10.0. The number of aliphatic carboxylic acids is 1. The van der Waals surface area contributed by atoms with Crippen molar-refractivity contribution in [2.75, 3.05) is 33.4 Å². The molecule has 1 aromatic rings. The molecule has 6 heteroatoms. The number of carboxylic acids is 1. The van der Waals surface area contributed by atoms with Crippen LogP contribution in [-0.2, 0) is 4.79 Å². The quantitative estimate of drug-likeness (QED) is 0.830. The van der Waals surface area contributed by atoms with Crippen LogP contribution in [0.5, 0.6) is 11.5 Å². The summed E-state index contributed by atoms with van der Waals surface area (Å²) < 4.78 is 10.8. The molecule has 0 aromatic heterocycles. The maximum atomic E-state index is 11.8. The first-order chi connectivity index (χ1) is 10.6. The lowest BCUT2D eigenvalue weighted by Gasteiger charge is -2.36. The minimum atomic E-state index is -0.847. The van der Waals surface area contributed by atoms with Gasteiger partial charge in [0.15, 0.2) is 11.5 Å². The average Bonchev–Trinajstić information content (AvgIpc) is 2.49. The monoisotopic (exact) mass is 308 g/mol. The number of carbonyl (C=O) groups is 1. The lowest BCUT2D eigenvalue weighted by molar-refractivity contribution is -0.144. The molecule has 6 nitrogen and oxygen atoms in total. The van der Waals surface area contributed by atoms with Gasteiger partial charge in [-0.15, -0.1) is 0 Å². The van der Waals surface area contributed by atoms with Gasteiger partial charge in [-0.05, 0) is 31.5 Å². The first kappa shape index (κ1) is 16.6. The molecular weight excluding hydrogens is 284 g/mol. The Hall–Kier alpha value is -1.79. The number of rotatable bonds is 6. The van der Waals surface area contributed by atoms with Gasteiger partial charge in [0.1, 0.15) is 6.04 Å². The van der Waals surface area contributed by atoms with E-state index < -0.39 is 12.0 Å². The van der Waals surface area contributed by atoms with Crippen molar-refractivity contribution in [3.8, 4) is 11.5 Å². The molecule has 22 heavy (non-hydrogen) atoms. The van der Waals surface area contributed by atoms with Gasteiger partial charge in [-0.25, -0.2) is 0 Å². The van der Waals surface area contributed by atoms with Gasteiger partial charge in [0.25, 0.3) is 0 Å². The van der Waals surface area contributed by atoms with Crippen LogP contribution < -0.4 is 14.8 Å². The Labute approximate surface area is 131 Å². The molecule has 0 radical (unpaired) electrons. The fourth-order valence-corrected chi connectivity index (χ4v) is 2.84. The van der Waals surface area contributed by atoms with Crippen molar-refractivity contribution in [2.24, 2.45) is 0 Å². The van der Waals surface area contributed by atoms with Crippen molar-refractivity contribution in [2.45, 2.75) is 25.9 Å². The Morgan fingerprint density at radius 2 is 2.27 bits per heavy atom. The summed E-state index contributed by atoms with van der Waals surface area (Å²) in [6.07, 6.45) is 0. The highest BCUT2D eigenvalue weighted by Crippen LogP contribution is 2.32. The summed E-state index contributed by atoms with van der Waals surface area (Å²) in [5.41, 5.74) is 0.710. The van der Waals surface area contributed by atoms with Crippen molar-refractivity contribution >= 4 is 5.97 Å². The maximum Gasteiger partial charge on any atom is 0.325 e. The molecule has 0 bridgehead atoms. The molecule has 1 saturated heterocycles. The Kier molecular flexibility index (Phi) is 5.63. The predicted molar refractivity (Wildman–Crippen MR) is 83.6 cm³/mol. The normalized spacial score (nSPS) is 20.4. The fourth-order valence-electron chi connectivity index (χ4n) is 2.84. The zero-order valence-electron chi connectivity index (χ0n) is 13.3. The van der Waals surface area contributed by atoms with Crippen molar-refractivity contribution in [1.29, 1.82) is 0 Å². The van der Waals surface area contributed by atoms with Crippen LogP contribution in [0.2, 0.25) is 0 Å². The van der Waals surface area contributed by atoms with Crippen molar-refractivity contribution in [1.82, 2.24) is 10.2 Å². The lowest BCUT2D eigenvalue weighted by Crippen LogP contribution is -2.51. The summed E-state index contributed by atoms with van der Waals surface area (Å²) in [5, 5.41) is 13.0. The molecule has 0 spiro atoms. The van der Waals surface area contributed by atoms with Crippen LogP contribution in [0, 0.1) is 0 Å². The molecule has 0 aliphatic carbocycles. The second-order valence-electron chi connectivity index (χ2n) is 5.43. The number of benzene rings is 1. The van der Waals surface area contributed by atoms with Crippen molar-refractivity contribution < 1.29 is 19.4 Å². The van der Waals surface area contributed by atoms with Crippen molar-refractivity contribution in [3.63, 3.8) is 0 Å². The number of hydrogen-bond acceptors (Lipinski definition) is 5. The van der Waals surface area contributed by atoms with Gasteiger partial charge in [0.2, 0.25) is 0 Å². The molecule has 2 N–H and O–H groups in total. The minimum absolute atomic E-state index is 0.278. The SMILES string of the molecule is CCOc1ccc(C(C(=O)O)N2CCNC(C)C2)cc1OC. The molecule has 1 fully saturated rings. The minimum Gasteiger partial charge on any atom is -0.493 e. The molecular formula is C16H24N2O4. The second-order valence-corrected chi connectivity index (χ2v) is 5.43. The summed E-state index contributed by atoms with van der Waals surface area (Å²) in [6, 6.07) is 4.95. The first-order valence-electron chi connectivity index (χ1n) is 7.57. The summed E-state index contributed by atoms with van der Waals surface area (Å²) in [5.74, 6) is 0.348. The van der Waals surface area contributed by atoms with E-state index in [0.717, 1.165) is 6.54 Å². The van der Waals surface area contributed by atoms with Crippen LogP contribution in [0.3, 0.4) is 0 Å². The topological polar surface area (TPSA) is 71.0 Å². The van der Waals surface area contributed by atoms with Crippen LogP contribution in [0.15, 0.2) is 18.2 Å². The number of nitrogens with zero attached hydrogens (tertiary/aromatic N) is 1. The Morgan fingerprint density at radius 3 is 2.86 bits per heavy atom. The summed E-state index contributed by atoms with van der Waals surface area (Å²) in [4.78, 5) is 13.8. The molecule has 1 aliphatic heterocycles. The molecule has 0 saturated carbocycles. The third kappa shape index (κ3) is 3.69. The van der Waals surface area contributed by atoms with E-state index in [1.807, 2.05) is 11.8 Å². The number of piperazine rings is 1. The van der Waals surface area contributed by atoms with Gasteiger partial charge in [0, 0.05) is 25.7 Å². The average molecular weight is 308 g/mol. The van der Waals surface area contributed by atoms with Crippen molar-refractivity contribution in [3.05, 3.63) is 23.8 Å². The molecule has 0 amide bonds. The van der Waals surface area contributed by atoms with Gasteiger partial charge in [0.05, 0.1) is 13.7 Å². The Morgan fingerprint density at radius 1 is 1.50 bits per heavy atom. The van der Waals surface area contributed by atoms with Gasteiger partial charge in [-0.3, -0.25) is 9.69 Å². The predicted octanol–water partition coefficient (Wildman–Crippen LogP) is 1.51. The molecule has 2 atom stereocenters. The van der Waals surface area contributed by atoms with E-state index >= 15 is 0 Å². The van der Waals surface area contributed by atoms with Crippen LogP contribution in [0.4, 0.5) is 0 Å². The highest BCUT2D eigenvalue weighted by Gasteiger charge is 2.31. The summed E-state index contributed by atoms with van der Waals surface area (Å²) in [7, 11) is 1.56. The molecule has 1 heterocycles. The largest absolute Gasteiger partial charge is 0.493 e. The smallest absolute Gasteiger partial charge is 0.325 e. The molecule has 1 aliphatic rings.